The topological polar surface area (TPSA) is 59.1 Å². The first kappa shape index (κ1) is 24.6. The van der Waals surface area contributed by atoms with Gasteiger partial charge in [-0.15, -0.1) is 0 Å². The summed E-state index contributed by atoms with van der Waals surface area (Å²) in [6.45, 7) is 17.2. The predicted octanol–water partition coefficient (Wildman–Crippen LogP) is 2.11. The number of carbonyl (C=O) groups excluding carboxylic acids is 2. The van der Waals surface area contributed by atoms with Gasteiger partial charge < -0.3 is 19.3 Å². The molecule has 0 radical (unpaired) electrons. The Kier molecular flexibility index (Phi) is 16.6. The number of likely N-dealkylation sites (N-methyl/N-ethyl adjacent to an activating group) is 1. The summed E-state index contributed by atoms with van der Waals surface area (Å²) in [6, 6.07) is 0. The van der Waals surface area contributed by atoms with Crippen LogP contribution in [0.1, 0.15) is 27.2 Å². The molecular formula is C18H34N2O4. The molecule has 6 heteroatoms. The molecule has 0 N–H and O–H groups in total. The van der Waals surface area contributed by atoms with Gasteiger partial charge in [-0.3, -0.25) is 0 Å². The molecule has 0 saturated carbocycles. The zero-order valence-electron chi connectivity index (χ0n) is 16.0. The van der Waals surface area contributed by atoms with E-state index < -0.39 is 0 Å². The van der Waals surface area contributed by atoms with E-state index in [9.17, 15) is 9.59 Å². The Bertz CT molecular complexity index is 377. The number of rotatable bonds is 11. The third-order valence-corrected chi connectivity index (χ3v) is 3.04. The minimum absolute atomic E-state index is 0.297. The van der Waals surface area contributed by atoms with E-state index in [2.05, 4.69) is 36.8 Å². The number of hydrogen-bond donors (Lipinski definition) is 0. The van der Waals surface area contributed by atoms with Crippen molar-refractivity contribution in [3.05, 3.63) is 24.8 Å². The zero-order chi connectivity index (χ0) is 19.0. The standard InChI is InChI=1S/2C9H17NO2/c1-8(2)9(11)12-7-5-6-10(3)4;1-4-9(11)12-8-7-10(5-2)6-3/h1,5-7H2,2-4H3;4H,1,5-8H2,2-3H3. The van der Waals surface area contributed by atoms with Gasteiger partial charge in [0, 0.05) is 24.7 Å². The summed E-state index contributed by atoms with van der Waals surface area (Å²) in [4.78, 5) is 25.7. The van der Waals surface area contributed by atoms with E-state index in [1.54, 1.807) is 6.92 Å². The Labute approximate surface area is 147 Å². The highest BCUT2D eigenvalue weighted by Gasteiger charge is 2.01. The first-order valence-electron chi connectivity index (χ1n) is 8.27. The fourth-order valence-corrected chi connectivity index (χ4v) is 1.54. The Morgan fingerprint density at radius 2 is 1.62 bits per heavy atom. The van der Waals surface area contributed by atoms with Crippen molar-refractivity contribution in [1.82, 2.24) is 9.80 Å². The van der Waals surface area contributed by atoms with Gasteiger partial charge in [0.15, 0.2) is 0 Å². The highest BCUT2D eigenvalue weighted by atomic mass is 16.5. The lowest BCUT2D eigenvalue weighted by Crippen LogP contribution is -2.27. The van der Waals surface area contributed by atoms with Crippen molar-refractivity contribution in [2.45, 2.75) is 27.2 Å². The maximum Gasteiger partial charge on any atom is 0.333 e. The van der Waals surface area contributed by atoms with Crippen LogP contribution in [-0.2, 0) is 19.1 Å². The minimum Gasteiger partial charge on any atom is -0.462 e. The van der Waals surface area contributed by atoms with Crippen LogP contribution in [0.4, 0.5) is 0 Å². The number of esters is 2. The highest BCUT2D eigenvalue weighted by molar-refractivity contribution is 5.86. The van der Waals surface area contributed by atoms with Gasteiger partial charge >= 0.3 is 11.9 Å². The maximum atomic E-state index is 10.9. The second kappa shape index (κ2) is 16.2. The molecular weight excluding hydrogens is 308 g/mol. The molecule has 0 bridgehead atoms. The zero-order valence-corrected chi connectivity index (χ0v) is 16.0. The van der Waals surface area contributed by atoms with Crippen molar-refractivity contribution in [3.63, 3.8) is 0 Å². The molecule has 0 aromatic carbocycles. The van der Waals surface area contributed by atoms with E-state index in [1.165, 1.54) is 6.08 Å². The largest absolute Gasteiger partial charge is 0.462 e. The summed E-state index contributed by atoms with van der Waals surface area (Å²) >= 11 is 0. The van der Waals surface area contributed by atoms with Gasteiger partial charge in [0.1, 0.15) is 6.61 Å². The second-order valence-electron chi connectivity index (χ2n) is 5.47. The Morgan fingerprint density at radius 3 is 2.04 bits per heavy atom. The molecule has 0 amide bonds. The summed E-state index contributed by atoms with van der Waals surface area (Å²) in [7, 11) is 3.97. The molecule has 0 fully saturated rings. The molecule has 0 unspecified atom stereocenters. The van der Waals surface area contributed by atoms with Gasteiger partial charge in [-0.2, -0.15) is 0 Å². The summed E-state index contributed by atoms with van der Waals surface area (Å²) < 4.78 is 9.72. The lowest BCUT2D eigenvalue weighted by molar-refractivity contribution is -0.139. The molecule has 0 heterocycles. The Morgan fingerprint density at radius 1 is 1.04 bits per heavy atom. The molecule has 6 nitrogen and oxygen atoms in total. The molecule has 0 aromatic rings. The number of ether oxygens (including phenoxy) is 2. The van der Waals surface area contributed by atoms with E-state index in [0.717, 1.165) is 32.6 Å². The van der Waals surface area contributed by atoms with Crippen LogP contribution in [0.5, 0.6) is 0 Å². The van der Waals surface area contributed by atoms with Crippen LogP contribution >= 0.6 is 0 Å². The van der Waals surface area contributed by atoms with E-state index in [0.29, 0.717) is 18.8 Å². The van der Waals surface area contributed by atoms with Crippen molar-refractivity contribution in [1.29, 1.82) is 0 Å². The molecule has 0 spiro atoms. The van der Waals surface area contributed by atoms with E-state index >= 15 is 0 Å². The van der Waals surface area contributed by atoms with Crippen molar-refractivity contribution < 1.29 is 19.1 Å². The molecule has 0 rings (SSSR count). The number of carbonyl (C=O) groups is 2. The van der Waals surface area contributed by atoms with Crippen LogP contribution in [0.3, 0.4) is 0 Å². The molecule has 140 valence electrons. The molecule has 0 saturated heterocycles. The maximum absolute atomic E-state index is 10.9. The minimum atomic E-state index is -0.345. The monoisotopic (exact) mass is 342 g/mol. The lowest BCUT2D eigenvalue weighted by atomic mass is 10.3. The molecule has 0 aliphatic rings. The van der Waals surface area contributed by atoms with E-state index in [-0.39, 0.29) is 11.9 Å². The van der Waals surface area contributed by atoms with Gasteiger partial charge in [0.25, 0.3) is 0 Å². The van der Waals surface area contributed by atoms with Crippen molar-refractivity contribution >= 4 is 11.9 Å². The molecule has 24 heavy (non-hydrogen) atoms. The van der Waals surface area contributed by atoms with Crippen molar-refractivity contribution in [3.8, 4) is 0 Å². The summed E-state index contributed by atoms with van der Waals surface area (Å²) in [5.74, 6) is -0.643. The first-order chi connectivity index (χ1) is 11.3. The quantitative estimate of drug-likeness (QED) is 0.326. The smallest absolute Gasteiger partial charge is 0.333 e. The normalized spacial score (nSPS) is 9.96. The van der Waals surface area contributed by atoms with Gasteiger partial charge in [-0.05, 0) is 40.5 Å². The average molecular weight is 342 g/mol. The molecule has 0 aliphatic heterocycles. The summed E-state index contributed by atoms with van der Waals surface area (Å²) in [6.07, 6.45) is 2.05. The summed E-state index contributed by atoms with van der Waals surface area (Å²) in [5, 5.41) is 0. The van der Waals surface area contributed by atoms with Crippen LogP contribution in [0.2, 0.25) is 0 Å². The highest BCUT2D eigenvalue weighted by Crippen LogP contribution is 1.93. The Balaban J connectivity index is 0. The lowest BCUT2D eigenvalue weighted by Gasteiger charge is -2.16. The molecule has 0 atom stereocenters. The second-order valence-corrected chi connectivity index (χ2v) is 5.47. The van der Waals surface area contributed by atoms with Crippen LogP contribution in [0.25, 0.3) is 0 Å². The summed E-state index contributed by atoms with van der Waals surface area (Å²) in [5.41, 5.74) is 0.458. The van der Waals surface area contributed by atoms with E-state index in [4.69, 9.17) is 9.47 Å². The fourth-order valence-electron chi connectivity index (χ4n) is 1.54. The third-order valence-electron chi connectivity index (χ3n) is 3.04. The average Bonchev–Trinajstić information content (AvgIpc) is 2.55. The predicted molar refractivity (Wildman–Crippen MR) is 97.9 cm³/mol. The number of nitrogens with zero attached hydrogens (tertiary/aromatic N) is 2. The van der Waals surface area contributed by atoms with Crippen LogP contribution in [-0.4, -0.2) is 75.2 Å². The third kappa shape index (κ3) is 16.7. The molecule has 0 aliphatic carbocycles. The van der Waals surface area contributed by atoms with Gasteiger partial charge in [0.05, 0.1) is 6.61 Å². The van der Waals surface area contributed by atoms with Gasteiger partial charge in [-0.25, -0.2) is 9.59 Å². The van der Waals surface area contributed by atoms with Crippen molar-refractivity contribution in [2.75, 3.05) is 53.5 Å². The van der Waals surface area contributed by atoms with Crippen LogP contribution in [0, 0.1) is 0 Å². The van der Waals surface area contributed by atoms with Crippen molar-refractivity contribution in [2.24, 2.45) is 0 Å². The van der Waals surface area contributed by atoms with E-state index in [1.807, 2.05) is 14.1 Å². The fraction of sp³-hybridized carbons (Fsp3) is 0.667. The van der Waals surface area contributed by atoms with Crippen LogP contribution in [0.15, 0.2) is 24.8 Å². The van der Waals surface area contributed by atoms with Gasteiger partial charge in [-0.1, -0.05) is 27.0 Å². The first-order valence-corrected chi connectivity index (χ1v) is 8.27. The Hall–Kier alpha value is -1.66. The SMILES string of the molecule is C=C(C)C(=O)OCCCN(C)C.C=CC(=O)OCCN(CC)CC. The van der Waals surface area contributed by atoms with Gasteiger partial charge in [0.2, 0.25) is 0 Å². The van der Waals surface area contributed by atoms with Crippen LogP contribution < -0.4 is 0 Å². The number of hydrogen-bond acceptors (Lipinski definition) is 6. The molecule has 0 aromatic heterocycles.